The van der Waals surface area contributed by atoms with Gasteiger partial charge < -0.3 is 5.11 Å². The topological polar surface area (TPSA) is 37.3 Å². The number of fused-ring (bicyclic) bond motifs is 3. The highest BCUT2D eigenvalue weighted by atomic mass is 16.4. The molecule has 0 heterocycles. The van der Waals surface area contributed by atoms with E-state index in [1.807, 2.05) is 18.2 Å². The average Bonchev–Trinajstić information content (AvgIpc) is 2.87. The molecule has 0 spiro atoms. The van der Waals surface area contributed by atoms with E-state index in [-0.39, 0.29) is 5.92 Å². The molecule has 1 N–H and O–H groups in total. The van der Waals surface area contributed by atoms with Gasteiger partial charge in [0.2, 0.25) is 0 Å². The maximum atomic E-state index is 11.7. The molecule has 2 aromatic rings. The van der Waals surface area contributed by atoms with E-state index in [9.17, 15) is 9.90 Å². The molecule has 108 valence electrons. The first-order valence-electron chi connectivity index (χ1n) is 7.65. The molecule has 0 radical (unpaired) electrons. The molecule has 2 aromatic carbocycles. The molecule has 1 atom stereocenters. The highest BCUT2D eigenvalue weighted by Gasteiger charge is 2.27. The van der Waals surface area contributed by atoms with Gasteiger partial charge in [0, 0.05) is 0 Å². The van der Waals surface area contributed by atoms with Crippen LogP contribution in [-0.2, 0) is 11.2 Å². The van der Waals surface area contributed by atoms with E-state index in [0.717, 1.165) is 31.2 Å². The van der Waals surface area contributed by atoms with E-state index < -0.39 is 5.97 Å². The minimum Gasteiger partial charge on any atom is -0.481 e. The maximum Gasteiger partial charge on any atom is 0.310 e. The lowest BCUT2D eigenvalue weighted by atomic mass is 9.88. The van der Waals surface area contributed by atoms with E-state index in [1.165, 1.54) is 22.3 Å². The molecule has 1 aliphatic carbocycles. The zero-order chi connectivity index (χ0) is 14.8. The number of rotatable bonds is 5. The lowest BCUT2D eigenvalue weighted by molar-refractivity contribution is -0.139. The van der Waals surface area contributed by atoms with Crippen LogP contribution >= 0.6 is 0 Å². The van der Waals surface area contributed by atoms with Crippen molar-refractivity contribution < 1.29 is 9.90 Å². The molecule has 0 fully saturated rings. The Morgan fingerprint density at radius 1 is 1.14 bits per heavy atom. The summed E-state index contributed by atoms with van der Waals surface area (Å²) in [6.45, 7) is 2.10. The summed E-state index contributed by atoms with van der Waals surface area (Å²) in [5.74, 6) is -1.08. The molecule has 0 bridgehead atoms. The lowest BCUT2D eigenvalue weighted by Gasteiger charge is -2.16. The number of aliphatic carboxylic acids is 1. The molecule has 0 saturated heterocycles. The Kier molecular flexibility index (Phi) is 3.78. The maximum absolute atomic E-state index is 11.7. The Morgan fingerprint density at radius 3 is 2.67 bits per heavy atom. The van der Waals surface area contributed by atoms with Gasteiger partial charge >= 0.3 is 5.97 Å². The van der Waals surface area contributed by atoms with Crippen molar-refractivity contribution in [3.05, 3.63) is 59.2 Å². The van der Waals surface area contributed by atoms with Crippen molar-refractivity contribution in [2.75, 3.05) is 0 Å². The van der Waals surface area contributed by atoms with Crippen molar-refractivity contribution >= 4 is 5.97 Å². The summed E-state index contributed by atoms with van der Waals surface area (Å²) in [5, 5.41) is 9.60. The van der Waals surface area contributed by atoms with Crippen LogP contribution < -0.4 is 0 Å². The smallest absolute Gasteiger partial charge is 0.310 e. The zero-order valence-electron chi connectivity index (χ0n) is 12.3. The molecule has 2 heteroatoms. The van der Waals surface area contributed by atoms with Crippen molar-refractivity contribution in [1.29, 1.82) is 0 Å². The van der Waals surface area contributed by atoms with E-state index in [1.54, 1.807) is 0 Å². The quantitative estimate of drug-likeness (QED) is 0.740. The summed E-state index contributed by atoms with van der Waals surface area (Å²) < 4.78 is 0. The summed E-state index contributed by atoms with van der Waals surface area (Å²) in [5.41, 5.74) is 5.99. The van der Waals surface area contributed by atoms with Crippen molar-refractivity contribution in [2.24, 2.45) is 0 Å². The lowest BCUT2D eigenvalue weighted by Crippen LogP contribution is -2.13. The van der Waals surface area contributed by atoms with Gasteiger partial charge in [0.25, 0.3) is 0 Å². The highest BCUT2D eigenvalue weighted by Crippen LogP contribution is 2.41. The van der Waals surface area contributed by atoms with Gasteiger partial charge in [-0.3, -0.25) is 4.79 Å². The second-order valence-electron chi connectivity index (χ2n) is 5.74. The van der Waals surface area contributed by atoms with E-state index in [4.69, 9.17) is 0 Å². The normalized spacial score (nSPS) is 13.6. The molecule has 1 unspecified atom stereocenters. The van der Waals surface area contributed by atoms with Crippen LogP contribution in [0.15, 0.2) is 42.5 Å². The van der Waals surface area contributed by atoms with E-state index >= 15 is 0 Å². The van der Waals surface area contributed by atoms with Gasteiger partial charge in [0.15, 0.2) is 0 Å². The molecular weight excluding hydrogens is 260 g/mol. The highest BCUT2D eigenvalue weighted by molar-refractivity contribution is 5.82. The number of carbonyl (C=O) groups is 1. The van der Waals surface area contributed by atoms with Crippen molar-refractivity contribution in [3.8, 4) is 11.1 Å². The Hall–Kier alpha value is -2.09. The fraction of sp³-hybridized carbons (Fsp3) is 0.316. The molecule has 3 rings (SSSR count). The van der Waals surface area contributed by atoms with Gasteiger partial charge in [-0.15, -0.1) is 0 Å². The fourth-order valence-corrected chi connectivity index (χ4v) is 3.33. The van der Waals surface area contributed by atoms with Crippen LogP contribution in [0.25, 0.3) is 11.1 Å². The summed E-state index contributed by atoms with van der Waals surface area (Å²) in [6, 6.07) is 14.5. The zero-order valence-corrected chi connectivity index (χ0v) is 12.3. The molecule has 21 heavy (non-hydrogen) atoms. The van der Waals surface area contributed by atoms with Gasteiger partial charge in [-0.1, -0.05) is 62.2 Å². The minimum absolute atomic E-state index is 0.380. The predicted molar refractivity (Wildman–Crippen MR) is 84.6 cm³/mol. The number of carboxylic acids is 1. The Labute approximate surface area is 125 Å². The van der Waals surface area contributed by atoms with Crippen molar-refractivity contribution in [3.63, 3.8) is 0 Å². The monoisotopic (exact) mass is 280 g/mol. The largest absolute Gasteiger partial charge is 0.481 e. The van der Waals surface area contributed by atoms with Crippen LogP contribution in [-0.4, -0.2) is 11.1 Å². The summed E-state index contributed by atoms with van der Waals surface area (Å²) in [7, 11) is 0. The number of carboxylic acid groups (broad SMARTS) is 1. The third-order valence-electron chi connectivity index (χ3n) is 4.41. The van der Waals surface area contributed by atoms with Crippen molar-refractivity contribution in [2.45, 2.75) is 38.5 Å². The van der Waals surface area contributed by atoms with Crippen LogP contribution in [0.1, 0.15) is 48.8 Å². The van der Waals surface area contributed by atoms with Gasteiger partial charge in [0.05, 0.1) is 5.92 Å². The number of benzene rings is 2. The van der Waals surface area contributed by atoms with Gasteiger partial charge in [-0.05, 0) is 40.7 Å². The molecular formula is C19H20O2. The van der Waals surface area contributed by atoms with Gasteiger partial charge in [-0.2, -0.15) is 0 Å². The first kappa shape index (κ1) is 13.9. The number of hydrogen-bond acceptors (Lipinski definition) is 1. The second-order valence-corrected chi connectivity index (χ2v) is 5.74. The number of hydrogen-bond donors (Lipinski definition) is 1. The Bertz CT molecular complexity index is 673. The Morgan fingerprint density at radius 2 is 1.90 bits per heavy atom. The molecule has 0 saturated carbocycles. The molecule has 0 aromatic heterocycles. The third-order valence-corrected chi connectivity index (χ3v) is 4.41. The van der Waals surface area contributed by atoms with Crippen molar-refractivity contribution in [1.82, 2.24) is 0 Å². The molecule has 2 nitrogen and oxygen atoms in total. The van der Waals surface area contributed by atoms with E-state index in [2.05, 4.69) is 31.2 Å². The van der Waals surface area contributed by atoms with E-state index in [0.29, 0.717) is 0 Å². The van der Waals surface area contributed by atoms with Crippen LogP contribution in [0, 0.1) is 0 Å². The van der Waals surface area contributed by atoms with Gasteiger partial charge in [0.1, 0.15) is 0 Å². The molecule has 1 aliphatic rings. The van der Waals surface area contributed by atoms with Crippen LogP contribution in [0.2, 0.25) is 0 Å². The van der Waals surface area contributed by atoms with Crippen LogP contribution in [0.3, 0.4) is 0 Å². The first-order chi connectivity index (χ1) is 10.2. The molecule has 0 amide bonds. The second kappa shape index (κ2) is 5.72. The predicted octanol–water partition coefficient (Wildman–Crippen LogP) is 4.62. The van der Waals surface area contributed by atoms with Gasteiger partial charge in [-0.25, -0.2) is 0 Å². The standard InChI is InChI=1S/C19H20O2/c1-2-3-8-17(19(20)21)16-11-6-10-15-14-9-5-4-7-13(14)12-18(15)16/h4-7,9-11,17H,2-3,8,12H2,1H3,(H,20,21). The summed E-state index contributed by atoms with van der Waals surface area (Å²) >= 11 is 0. The first-order valence-corrected chi connectivity index (χ1v) is 7.65. The average molecular weight is 280 g/mol. The SMILES string of the molecule is CCCCC(C(=O)O)c1cccc2c1Cc1ccccc1-2. The number of unbranched alkanes of at least 4 members (excludes halogenated alkanes) is 1. The van der Waals surface area contributed by atoms with Crippen LogP contribution in [0.5, 0.6) is 0 Å². The van der Waals surface area contributed by atoms with Crippen LogP contribution in [0.4, 0.5) is 0 Å². The summed E-state index contributed by atoms with van der Waals surface area (Å²) in [6.07, 6.45) is 3.56. The summed E-state index contributed by atoms with van der Waals surface area (Å²) in [4.78, 5) is 11.7. The minimum atomic E-state index is -0.701. The third kappa shape index (κ3) is 2.46. The fourth-order valence-electron chi connectivity index (χ4n) is 3.33. The molecule has 0 aliphatic heterocycles. The Balaban J connectivity index is 2.04.